The number of aliphatic imine (C=N–C) groups is 2. The van der Waals surface area contributed by atoms with Crippen LogP contribution in [0.4, 0.5) is 0 Å². The molecule has 1 heterocycles. The van der Waals surface area contributed by atoms with Crippen molar-refractivity contribution in [2.24, 2.45) is 9.98 Å². The topological polar surface area (TPSA) is 43.2 Å². The minimum atomic E-state index is 1.41. The Bertz CT molecular complexity index is 282. The van der Waals surface area contributed by atoms with Crippen molar-refractivity contribution < 1.29 is 9.47 Å². The van der Waals surface area contributed by atoms with E-state index < -0.39 is 0 Å². The molecular weight excluding hydrogens is 180 g/mol. The van der Waals surface area contributed by atoms with Crippen LogP contribution in [0.25, 0.3) is 0 Å². The van der Waals surface area contributed by atoms with Crippen molar-refractivity contribution in [1.82, 2.24) is 0 Å². The molecule has 72 valence electrons. The lowest BCUT2D eigenvalue weighted by Gasteiger charge is -1.89. The van der Waals surface area contributed by atoms with Gasteiger partial charge in [-0.2, -0.15) is 0 Å². The smallest absolute Gasteiger partial charge is 0.125 e. The number of ether oxygens (including phenoxy) is 2. The number of nitrogens with zero attached hydrogens (tertiary/aromatic N) is 2. The number of allylic oxidation sites excluding steroid dienone is 2. The highest BCUT2D eigenvalue weighted by atomic mass is 16.5. The fourth-order valence-corrected chi connectivity index (χ4v) is 0.592. The molecule has 1 aliphatic heterocycles. The van der Waals surface area contributed by atoms with E-state index in [0.717, 1.165) is 0 Å². The second-order valence-corrected chi connectivity index (χ2v) is 2.10. The Hall–Kier alpha value is -2.10. The summed E-state index contributed by atoms with van der Waals surface area (Å²) >= 11 is 0. The lowest BCUT2D eigenvalue weighted by atomic mass is 10.6. The molecule has 0 saturated heterocycles. The van der Waals surface area contributed by atoms with Crippen LogP contribution in [0.3, 0.4) is 0 Å². The van der Waals surface area contributed by atoms with E-state index in [-0.39, 0.29) is 0 Å². The maximum atomic E-state index is 4.91. The zero-order valence-corrected chi connectivity index (χ0v) is 7.48. The van der Waals surface area contributed by atoms with Gasteiger partial charge in [0, 0.05) is 24.8 Å². The van der Waals surface area contributed by atoms with Gasteiger partial charge in [-0.05, 0) is 12.2 Å². The highest BCUT2D eigenvalue weighted by Gasteiger charge is 1.71. The van der Waals surface area contributed by atoms with E-state index in [1.165, 1.54) is 25.0 Å². The van der Waals surface area contributed by atoms with Crippen molar-refractivity contribution >= 4 is 12.4 Å². The van der Waals surface area contributed by atoms with Crippen LogP contribution >= 0.6 is 0 Å². The molecule has 0 spiro atoms. The molecule has 0 N–H and O–H groups in total. The van der Waals surface area contributed by atoms with Gasteiger partial charge in [-0.3, -0.25) is 9.98 Å². The quantitative estimate of drug-likeness (QED) is 0.587. The van der Waals surface area contributed by atoms with Gasteiger partial charge < -0.3 is 9.47 Å². The molecule has 0 amide bonds. The largest absolute Gasteiger partial charge is 0.469 e. The van der Waals surface area contributed by atoms with Crippen molar-refractivity contribution in [3.63, 3.8) is 0 Å². The van der Waals surface area contributed by atoms with Gasteiger partial charge in [0.25, 0.3) is 0 Å². The predicted octanol–water partition coefficient (Wildman–Crippen LogP) is 2.14. The fourth-order valence-electron chi connectivity index (χ4n) is 0.592. The van der Waals surface area contributed by atoms with Crippen LogP contribution in [-0.2, 0) is 9.47 Å². The van der Waals surface area contributed by atoms with Gasteiger partial charge in [0.05, 0.1) is 12.5 Å². The molecule has 0 aromatic carbocycles. The summed E-state index contributed by atoms with van der Waals surface area (Å²) in [6.07, 6.45) is 15.4. The van der Waals surface area contributed by atoms with E-state index in [1.54, 1.807) is 37.0 Å². The second-order valence-electron chi connectivity index (χ2n) is 2.10. The van der Waals surface area contributed by atoms with Crippen molar-refractivity contribution in [1.29, 1.82) is 0 Å². The van der Waals surface area contributed by atoms with Gasteiger partial charge in [-0.1, -0.05) is 0 Å². The predicted molar refractivity (Wildman–Crippen MR) is 55.7 cm³/mol. The van der Waals surface area contributed by atoms with Gasteiger partial charge >= 0.3 is 0 Å². The average molecular weight is 190 g/mol. The van der Waals surface area contributed by atoms with Gasteiger partial charge in [-0.15, -0.1) is 0 Å². The Morgan fingerprint density at radius 3 is 1.64 bits per heavy atom. The molecule has 0 bridgehead atoms. The Labute approximate surface area is 82.3 Å². The van der Waals surface area contributed by atoms with Crippen LogP contribution in [0.5, 0.6) is 0 Å². The fraction of sp³-hybridized carbons (Fsp3) is 0. The summed E-state index contributed by atoms with van der Waals surface area (Å²) in [7, 11) is 0. The summed E-state index contributed by atoms with van der Waals surface area (Å²) in [6.45, 7) is 0. The van der Waals surface area contributed by atoms with Crippen molar-refractivity contribution in [2.75, 3.05) is 0 Å². The van der Waals surface area contributed by atoms with Crippen LogP contribution in [0.2, 0.25) is 0 Å². The molecule has 0 unspecified atom stereocenters. The molecule has 0 fully saturated rings. The maximum Gasteiger partial charge on any atom is 0.125 e. The first-order valence-electron chi connectivity index (χ1n) is 3.98. The first kappa shape index (κ1) is 9.98. The number of hydrogen-bond acceptors (Lipinski definition) is 4. The van der Waals surface area contributed by atoms with Gasteiger partial charge in [0.15, 0.2) is 0 Å². The highest BCUT2D eigenvalue weighted by molar-refractivity contribution is 5.72. The van der Waals surface area contributed by atoms with Crippen LogP contribution < -0.4 is 0 Å². The van der Waals surface area contributed by atoms with E-state index in [9.17, 15) is 0 Å². The standard InChI is InChI=1S/C10H10N2O2/c1-3-11-5-6-12-4-2-8-14-10-9-13-7-1/h1-10H/b6-5+,7-1-,8-2+,10-9+,11-3-,12-4+. The lowest BCUT2D eigenvalue weighted by Crippen LogP contribution is -1.72. The molecule has 0 saturated carbocycles. The maximum absolute atomic E-state index is 4.91. The molecule has 14 heavy (non-hydrogen) atoms. The van der Waals surface area contributed by atoms with E-state index in [4.69, 9.17) is 9.47 Å². The highest BCUT2D eigenvalue weighted by Crippen LogP contribution is 1.85. The zero-order chi connectivity index (χ0) is 9.90. The third kappa shape index (κ3) is 5.54. The summed E-state index contributed by atoms with van der Waals surface area (Å²) in [5, 5.41) is 0. The summed E-state index contributed by atoms with van der Waals surface area (Å²) in [4.78, 5) is 7.79. The summed E-state index contributed by atoms with van der Waals surface area (Å²) in [6, 6.07) is 0. The van der Waals surface area contributed by atoms with Gasteiger partial charge in [0.2, 0.25) is 0 Å². The summed E-state index contributed by atoms with van der Waals surface area (Å²) in [5.74, 6) is 0. The SMILES string of the molecule is C1=C/O/C=C/O/C=C/C=N/C=C/N=C\1. The van der Waals surface area contributed by atoms with E-state index >= 15 is 0 Å². The van der Waals surface area contributed by atoms with Crippen LogP contribution in [-0.4, -0.2) is 12.4 Å². The molecule has 0 aromatic rings. The molecule has 0 aliphatic carbocycles. The third-order valence-corrected chi connectivity index (χ3v) is 1.11. The van der Waals surface area contributed by atoms with Crippen LogP contribution in [0.1, 0.15) is 0 Å². The Balaban J connectivity index is 2.56. The molecule has 0 atom stereocenters. The Kier molecular flexibility index (Phi) is 5.38. The Morgan fingerprint density at radius 2 is 1.14 bits per heavy atom. The molecule has 0 radical (unpaired) electrons. The first-order chi connectivity index (χ1) is 7.00. The first-order valence-corrected chi connectivity index (χ1v) is 3.98. The molecular formula is C10H10N2O2. The molecule has 1 rings (SSSR count). The van der Waals surface area contributed by atoms with E-state index in [0.29, 0.717) is 0 Å². The molecule has 0 aromatic heterocycles. The van der Waals surface area contributed by atoms with E-state index in [1.807, 2.05) is 0 Å². The molecule has 4 nitrogen and oxygen atoms in total. The van der Waals surface area contributed by atoms with Gasteiger partial charge in [-0.25, -0.2) is 0 Å². The van der Waals surface area contributed by atoms with Crippen molar-refractivity contribution in [3.8, 4) is 0 Å². The third-order valence-electron chi connectivity index (χ3n) is 1.11. The monoisotopic (exact) mass is 190 g/mol. The molecule has 1 aliphatic rings. The number of rotatable bonds is 0. The van der Waals surface area contributed by atoms with E-state index in [2.05, 4.69) is 9.98 Å². The van der Waals surface area contributed by atoms with Crippen molar-refractivity contribution in [2.45, 2.75) is 0 Å². The zero-order valence-electron chi connectivity index (χ0n) is 7.48. The Morgan fingerprint density at radius 1 is 0.643 bits per heavy atom. The molecule has 4 heteroatoms. The second kappa shape index (κ2) is 7.54. The lowest BCUT2D eigenvalue weighted by molar-refractivity contribution is 0.345. The normalized spacial score (nSPS) is 29.7. The number of hydrogen-bond donors (Lipinski definition) is 0. The summed E-state index contributed by atoms with van der Waals surface area (Å²) in [5.41, 5.74) is 0. The van der Waals surface area contributed by atoms with Crippen LogP contribution in [0.15, 0.2) is 59.6 Å². The van der Waals surface area contributed by atoms with Crippen LogP contribution in [0, 0.1) is 0 Å². The average Bonchev–Trinajstić information content (AvgIpc) is 2.22. The van der Waals surface area contributed by atoms with Gasteiger partial charge in [0.1, 0.15) is 12.5 Å². The van der Waals surface area contributed by atoms with Crippen molar-refractivity contribution in [3.05, 3.63) is 49.6 Å². The minimum Gasteiger partial charge on any atom is -0.469 e. The summed E-state index contributed by atoms with van der Waals surface area (Å²) < 4.78 is 9.82. The minimum absolute atomic E-state index is 1.41.